The van der Waals surface area contributed by atoms with Crippen molar-refractivity contribution in [3.05, 3.63) is 41.4 Å². The van der Waals surface area contributed by atoms with E-state index >= 15 is 0 Å². The third kappa shape index (κ3) is 3.84. The van der Waals surface area contributed by atoms with Crippen LogP contribution < -0.4 is 10.1 Å². The van der Waals surface area contributed by atoms with Crippen molar-refractivity contribution >= 4 is 23.7 Å². The summed E-state index contributed by atoms with van der Waals surface area (Å²) >= 11 is 5.07. The number of rotatable bonds is 7. The zero-order valence-electron chi connectivity index (χ0n) is 12.8. The van der Waals surface area contributed by atoms with Gasteiger partial charge in [0.2, 0.25) is 0 Å². The predicted molar refractivity (Wildman–Crippen MR) is 90.1 cm³/mol. The van der Waals surface area contributed by atoms with Gasteiger partial charge in [-0.05, 0) is 18.6 Å². The van der Waals surface area contributed by atoms with E-state index in [1.165, 1.54) is 0 Å². The lowest BCUT2D eigenvalue weighted by Crippen LogP contribution is -2.07. The Morgan fingerprint density at radius 3 is 3.13 bits per heavy atom. The highest BCUT2D eigenvalue weighted by Crippen LogP contribution is 2.21. The Hall–Kier alpha value is -2.48. The van der Waals surface area contributed by atoms with Crippen LogP contribution in [0.5, 0.6) is 5.75 Å². The van der Waals surface area contributed by atoms with Crippen LogP contribution in [0.3, 0.4) is 0 Å². The number of fused-ring (bicyclic) bond motifs is 1. The van der Waals surface area contributed by atoms with Crippen LogP contribution >= 0.6 is 12.2 Å². The highest BCUT2D eigenvalue weighted by atomic mass is 32.1. The topological polar surface area (TPSA) is 80.1 Å². The normalized spacial score (nSPS) is 10.8. The molecule has 7 nitrogen and oxygen atoms in total. The largest absolute Gasteiger partial charge is 0.482 e. The molecule has 0 amide bonds. The number of imidazole rings is 1. The van der Waals surface area contributed by atoms with Crippen molar-refractivity contribution in [1.82, 2.24) is 24.3 Å². The first-order valence-corrected chi connectivity index (χ1v) is 7.90. The number of hydrogen-bond acceptors (Lipinski definition) is 6. The first kappa shape index (κ1) is 15.4. The number of hydrogen-bond donors (Lipinski definition) is 2. The summed E-state index contributed by atoms with van der Waals surface area (Å²) in [7, 11) is 0. The molecule has 8 heteroatoms. The molecule has 3 aromatic heterocycles. The summed E-state index contributed by atoms with van der Waals surface area (Å²) in [6, 6.07) is 0. The number of nitrogens with one attached hydrogen (secondary N) is 2. The molecule has 0 bridgehead atoms. The summed E-state index contributed by atoms with van der Waals surface area (Å²) in [5.74, 6) is 1.38. The number of ether oxygens (including phenoxy) is 1. The quantitative estimate of drug-likeness (QED) is 0.512. The van der Waals surface area contributed by atoms with E-state index in [1.807, 2.05) is 16.8 Å². The van der Waals surface area contributed by atoms with E-state index in [9.17, 15) is 0 Å². The molecule has 0 radical (unpaired) electrons. The van der Waals surface area contributed by atoms with E-state index in [0.717, 1.165) is 36.5 Å². The van der Waals surface area contributed by atoms with Crippen molar-refractivity contribution in [2.24, 2.45) is 0 Å². The van der Waals surface area contributed by atoms with Crippen LogP contribution in [-0.4, -0.2) is 30.9 Å². The number of aromatic amines is 1. The Morgan fingerprint density at radius 2 is 2.30 bits per heavy atom. The molecule has 3 rings (SSSR count). The third-order valence-electron chi connectivity index (χ3n) is 3.30. The van der Waals surface area contributed by atoms with Crippen LogP contribution in [-0.2, 0) is 6.61 Å². The zero-order valence-corrected chi connectivity index (χ0v) is 13.6. The number of nitrogens with zero attached hydrogens (tertiary/aromatic N) is 4. The molecule has 0 aliphatic carbocycles. The second kappa shape index (κ2) is 7.19. The van der Waals surface area contributed by atoms with Crippen molar-refractivity contribution in [3.63, 3.8) is 0 Å². The van der Waals surface area contributed by atoms with Gasteiger partial charge in [0.15, 0.2) is 16.2 Å². The third-order valence-corrected chi connectivity index (χ3v) is 3.51. The van der Waals surface area contributed by atoms with Gasteiger partial charge in [-0.3, -0.25) is 4.98 Å². The SMILES string of the molecule is CCCCNc1[nH]c(=S)ncc1OCc1cn2ccncc2n1. The molecule has 120 valence electrons. The van der Waals surface area contributed by atoms with E-state index < -0.39 is 0 Å². The summed E-state index contributed by atoms with van der Waals surface area (Å²) in [6.07, 6.45) is 11.0. The second-order valence-corrected chi connectivity index (χ2v) is 5.46. The van der Waals surface area contributed by atoms with Crippen molar-refractivity contribution < 1.29 is 4.74 Å². The van der Waals surface area contributed by atoms with E-state index in [2.05, 4.69) is 32.2 Å². The Morgan fingerprint density at radius 1 is 1.39 bits per heavy atom. The van der Waals surface area contributed by atoms with Gasteiger partial charge in [0, 0.05) is 25.1 Å². The van der Waals surface area contributed by atoms with Crippen LogP contribution in [0.1, 0.15) is 25.5 Å². The molecular weight excluding hydrogens is 312 g/mol. The molecule has 0 aliphatic rings. The molecule has 3 aromatic rings. The van der Waals surface area contributed by atoms with E-state index in [0.29, 0.717) is 17.1 Å². The number of anilines is 1. The molecule has 3 heterocycles. The van der Waals surface area contributed by atoms with Crippen LogP contribution in [0.25, 0.3) is 5.65 Å². The van der Waals surface area contributed by atoms with Crippen LogP contribution in [0, 0.1) is 4.77 Å². The fourth-order valence-electron chi connectivity index (χ4n) is 2.13. The van der Waals surface area contributed by atoms with Gasteiger partial charge < -0.3 is 19.4 Å². The average Bonchev–Trinajstić information content (AvgIpc) is 2.97. The Kier molecular flexibility index (Phi) is 4.82. The van der Waals surface area contributed by atoms with Gasteiger partial charge in [-0.1, -0.05) is 13.3 Å². The van der Waals surface area contributed by atoms with Gasteiger partial charge in [0.25, 0.3) is 0 Å². The van der Waals surface area contributed by atoms with Crippen molar-refractivity contribution in [2.75, 3.05) is 11.9 Å². The average molecular weight is 330 g/mol. The predicted octanol–water partition coefficient (Wildman–Crippen LogP) is 2.97. The molecule has 0 aromatic carbocycles. The fourth-order valence-corrected chi connectivity index (χ4v) is 2.28. The fraction of sp³-hybridized carbons (Fsp3) is 0.333. The minimum atomic E-state index is 0.344. The first-order valence-electron chi connectivity index (χ1n) is 7.50. The summed E-state index contributed by atoms with van der Waals surface area (Å²) in [5.41, 5.74) is 1.61. The molecule has 0 saturated heterocycles. The molecule has 0 aliphatic heterocycles. The summed E-state index contributed by atoms with van der Waals surface area (Å²) in [6.45, 7) is 3.34. The van der Waals surface area contributed by atoms with Gasteiger partial charge >= 0.3 is 0 Å². The van der Waals surface area contributed by atoms with Gasteiger partial charge in [-0.15, -0.1) is 0 Å². The lowest BCUT2D eigenvalue weighted by Gasteiger charge is -2.11. The first-order chi connectivity index (χ1) is 11.3. The van der Waals surface area contributed by atoms with Gasteiger partial charge in [0.05, 0.1) is 18.1 Å². The number of H-pyrrole nitrogens is 1. The standard InChI is InChI=1S/C15H18N6OS/c1-2-3-4-17-14-12(7-18-15(23)20-14)22-10-11-9-21-6-5-16-8-13(21)19-11/h5-9H,2-4,10H2,1H3,(H2,17,18,20,23). The van der Waals surface area contributed by atoms with Crippen molar-refractivity contribution in [3.8, 4) is 5.75 Å². The molecule has 0 fully saturated rings. The Balaban J connectivity index is 1.72. The lowest BCUT2D eigenvalue weighted by molar-refractivity contribution is 0.301. The van der Waals surface area contributed by atoms with Gasteiger partial charge in [0.1, 0.15) is 12.4 Å². The molecule has 23 heavy (non-hydrogen) atoms. The van der Waals surface area contributed by atoms with Gasteiger partial charge in [-0.25, -0.2) is 9.97 Å². The molecule has 2 N–H and O–H groups in total. The highest BCUT2D eigenvalue weighted by molar-refractivity contribution is 7.71. The minimum absolute atomic E-state index is 0.344. The maximum atomic E-state index is 5.84. The van der Waals surface area contributed by atoms with E-state index in [-0.39, 0.29) is 0 Å². The number of unbranched alkanes of at least 4 members (excludes halogenated alkanes) is 1. The second-order valence-electron chi connectivity index (χ2n) is 5.07. The highest BCUT2D eigenvalue weighted by Gasteiger charge is 2.07. The summed E-state index contributed by atoms with van der Waals surface area (Å²) in [4.78, 5) is 15.6. The van der Waals surface area contributed by atoms with Crippen LogP contribution in [0.15, 0.2) is 31.0 Å². The maximum Gasteiger partial charge on any atom is 0.198 e. The molecule has 0 spiro atoms. The van der Waals surface area contributed by atoms with Gasteiger partial charge in [-0.2, -0.15) is 0 Å². The number of aromatic nitrogens is 5. The van der Waals surface area contributed by atoms with Crippen LogP contribution in [0.2, 0.25) is 0 Å². The smallest absolute Gasteiger partial charge is 0.198 e. The molecule has 0 atom stereocenters. The molecule has 0 saturated carbocycles. The Bertz CT molecular complexity index is 810. The lowest BCUT2D eigenvalue weighted by atomic mass is 10.3. The zero-order chi connectivity index (χ0) is 16.1. The summed E-state index contributed by atoms with van der Waals surface area (Å²) < 4.78 is 8.17. The minimum Gasteiger partial charge on any atom is -0.482 e. The Labute approximate surface area is 138 Å². The van der Waals surface area contributed by atoms with Crippen LogP contribution in [0.4, 0.5) is 5.82 Å². The maximum absolute atomic E-state index is 5.84. The molecule has 0 unspecified atom stereocenters. The summed E-state index contributed by atoms with van der Waals surface area (Å²) in [5, 5.41) is 3.30. The monoisotopic (exact) mass is 330 g/mol. The van der Waals surface area contributed by atoms with E-state index in [1.54, 1.807) is 18.6 Å². The van der Waals surface area contributed by atoms with Crippen molar-refractivity contribution in [1.29, 1.82) is 0 Å². The van der Waals surface area contributed by atoms with E-state index in [4.69, 9.17) is 17.0 Å². The van der Waals surface area contributed by atoms with Crippen molar-refractivity contribution in [2.45, 2.75) is 26.4 Å². The molecular formula is C15H18N6OS.